The minimum Gasteiger partial charge on any atom is -0.448 e. The Morgan fingerprint density at radius 2 is 2.27 bits per heavy atom. The molecule has 0 aromatic carbocycles. The van der Waals surface area contributed by atoms with Gasteiger partial charge >= 0.3 is 0 Å². The fourth-order valence-corrected chi connectivity index (χ4v) is 2.51. The zero-order valence-electron chi connectivity index (χ0n) is 12.3. The first-order valence-corrected chi connectivity index (χ1v) is 6.93. The Morgan fingerprint density at radius 1 is 1.45 bits per heavy atom. The highest BCUT2D eigenvalue weighted by Gasteiger charge is 2.32. The van der Waals surface area contributed by atoms with E-state index in [0.29, 0.717) is 37.0 Å². The number of aromatic amines is 1. The van der Waals surface area contributed by atoms with E-state index >= 15 is 0 Å². The van der Waals surface area contributed by atoms with Crippen molar-refractivity contribution < 1.29 is 13.9 Å². The van der Waals surface area contributed by atoms with Crippen LogP contribution in [0, 0.1) is 13.8 Å². The van der Waals surface area contributed by atoms with Crippen LogP contribution in [0.15, 0.2) is 21.7 Å². The lowest BCUT2D eigenvalue weighted by atomic mass is 10.1. The van der Waals surface area contributed by atoms with Gasteiger partial charge in [-0.15, -0.1) is 0 Å². The second-order valence-electron chi connectivity index (χ2n) is 5.10. The molecule has 1 fully saturated rings. The second-order valence-corrected chi connectivity index (χ2v) is 5.10. The van der Waals surface area contributed by atoms with Gasteiger partial charge in [0, 0.05) is 12.6 Å². The summed E-state index contributed by atoms with van der Waals surface area (Å²) in [6.07, 6.45) is 1.24. The highest BCUT2D eigenvalue weighted by Crippen LogP contribution is 2.24. The first kappa shape index (κ1) is 14.5. The number of amides is 1. The van der Waals surface area contributed by atoms with Crippen LogP contribution in [0.4, 0.5) is 0 Å². The first-order valence-electron chi connectivity index (χ1n) is 6.93. The molecule has 1 aliphatic rings. The number of aromatic nitrogens is 3. The summed E-state index contributed by atoms with van der Waals surface area (Å²) in [7, 11) is 0. The molecular formula is C14H16N4O4. The molecule has 1 aliphatic heterocycles. The summed E-state index contributed by atoms with van der Waals surface area (Å²) >= 11 is 0. The zero-order chi connectivity index (χ0) is 15.7. The molecule has 3 rings (SSSR count). The molecule has 2 aromatic rings. The van der Waals surface area contributed by atoms with Crippen molar-refractivity contribution >= 4 is 5.91 Å². The van der Waals surface area contributed by atoms with Crippen LogP contribution in [0.3, 0.4) is 0 Å². The van der Waals surface area contributed by atoms with Gasteiger partial charge in [-0.3, -0.25) is 9.59 Å². The molecule has 0 radical (unpaired) electrons. The summed E-state index contributed by atoms with van der Waals surface area (Å²) in [5.41, 5.74) is 0.530. The number of hydrogen-bond donors (Lipinski definition) is 1. The van der Waals surface area contributed by atoms with Crippen LogP contribution in [-0.4, -0.2) is 45.5 Å². The number of nitrogens with one attached hydrogen (secondary N) is 1. The number of rotatable bonds is 2. The molecule has 1 unspecified atom stereocenters. The molecule has 116 valence electrons. The highest BCUT2D eigenvalue weighted by atomic mass is 16.5. The van der Waals surface area contributed by atoms with E-state index in [9.17, 15) is 9.59 Å². The van der Waals surface area contributed by atoms with Gasteiger partial charge in [0.05, 0.1) is 24.9 Å². The third kappa shape index (κ3) is 2.64. The Bertz CT molecular complexity index is 751. The molecule has 22 heavy (non-hydrogen) atoms. The van der Waals surface area contributed by atoms with Crippen molar-refractivity contribution in [2.24, 2.45) is 0 Å². The van der Waals surface area contributed by atoms with Crippen molar-refractivity contribution in [2.45, 2.75) is 19.9 Å². The number of aryl methyl sites for hydroxylation is 2. The maximum absolute atomic E-state index is 12.7. The van der Waals surface area contributed by atoms with Crippen molar-refractivity contribution in [3.63, 3.8) is 0 Å². The largest absolute Gasteiger partial charge is 0.448 e. The molecule has 2 aromatic heterocycles. The Balaban J connectivity index is 1.96. The molecule has 0 saturated carbocycles. The van der Waals surface area contributed by atoms with Gasteiger partial charge in [-0.2, -0.15) is 0 Å². The van der Waals surface area contributed by atoms with E-state index in [1.165, 1.54) is 12.5 Å². The number of carbonyl (C=O) groups is 1. The Morgan fingerprint density at radius 3 is 2.95 bits per heavy atom. The van der Waals surface area contributed by atoms with Gasteiger partial charge in [0.25, 0.3) is 11.5 Å². The van der Waals surface area contributed by atoms with Crippen LogP contribution in [0.2, 0.25) is 0 Å². The van der Waals surface area contributed by atoms with Gasteiger partial charge in [0.1, 0.15) is 11.6 Å². The van der Waals surface area contributed by atoms with Crippen LogP contribution in [0.5, 0.6) is 0 Å². The predicted molar refractivity (Wildman–Crippen MR) is 75.4 cm³/mol. The fraction of sp³-hybridized carbons (Fsp3) is 0.429. The van der Waals surface area contributed by atoms with E-state index in [1.807, 2.05) is 0 Å². The normalized spacial score (nSPS) is 18.5. The molecule has 1 saturated heterocycles. The van der Waals surface area contributed by atoms with E-state index in [4.69, 9.17) is 9.15 Å². The van der Waals surface area contributed by atoms with Crippen LogP contribution >= 0.6 is 0 Å². The summed E-state index contributed by atoms with van der Waals surface area (Å²) in [6.45, 7) is 4.51. The van der Waals surface area contributed by atoms with Crippen LogP contribution in [0.25, 0.3) is 0 Å². The number of ether oxygens (including phenoxy) is 1. The van der Waals surface area contributed by atoms with Gasteiger partial charge in [0.15, 0.2) is 12.1 Å². The van der Waals surface area contributed by atoms with E-state index in [1.54, 1.807) is 18.7 Å². The molecule has 0 spiro atoms. The van der Waals surface area contributed by atoms with Crippen molar-refractivity contribution in [2.75, 3.05) is 19.8 Å². The van der Waals surface area contributed by atoms with E-state index in [-0.39, 0.29) is 17.2 Å². The number of carbonyl (C=O) groups excluding carboxylic acids is 1. The lowest BCUT2D eigenvalue weighted by Crippen LogP contribution is -2.44. The van der Waals surface area contributed by atoms with Crippen LogP contribution in [-0.2, 0) is 4.74 Å². The van der Waals surface area contributed by atoms with Crippen molar-refractivity contribution in [1.82, 2.24) is 19.9 Å². The molecular weight excluding hydrogens is 288 g/mol. The number of hydrogen-bond acceptors (Lipinski definition) is 6. The lowest BCUT2D eigenvalue weighted by Gasteiger charge is -2.34. The summed E-state index contributed by atoms with van der Waals surface area (Å²) in [6, 6.07) is 0.973. The van der Waals surface area contributed by atoms with Crippen LogP contribution < -0.4 is 5.56 Å². The van der Waals surface area contributed by atoms with Gasteiger partial charge in [0.2, 0.25) is 0 Å². The maximum atomic E-state index is 12.7. The van der Waals surface area contributed by atoms with Crippen molar-refractivity contribution in [3.8, 4) is 0 Å². The molecule has 1 N–H and O–H groups in total. The molecule has 0 aliphatic carbocycles. The third-order valence-corrected chi connectivity index (χ3v) is 3.56. The molecule has 0 bridgehead atoms. The summed E-state index contributed by atoms with van der Waals surface area (Å²) < 4.78 is 10.5. The highest BCUT2D eigenvalue weighted by molar-refractivity contribution is 5.93. The van der Waals surface area contributed by atoms with Crippen LogP contribution in [0.1, 0.15) is 33.8 Å². The van der Waals surface area contributed by atoms with Crippen molar-refractivity contribution in [1.29, 1.82) is 0 Å². The lowest BCUT2D eigenvalue weighted by molar-refractivity contribution is -0.00437. The minimum absolute atomic E-state index is 0.251. The monoisotopic (exact) mass is 304 g/mol. The topological polar surface area (TPSA) is 101 Å². The smallest absolute Gasteiger partial charge is 0.276 e. The number of nitrogens with zero attached hydrogens (tertiary/aromatic N) is 3. The van der Waals surface area contributed by atoms with Crippen molar-refractivity contribution in [3.05, 3.63) is 45.8 Å². The standard InChI is InChI=1S/C14H16N4O4/c1-8-13(15-7-22-8)14(20)18-3-4-21-6-11(18)10-5-12(19)17-9(2)16-10/h5,7,11H,3-4,6H2,1-2H3,(H,16,17,19). The quantitative estimate of drug-likeness (QED) is 0.871. The van der Waals surface area contributed by atoms with E-state index in [0.717, 1.165) is 0 Å². The Hall–Kier alpha value is -2.48. The van der Waals surface area contributed by atoms with Gasteiger partial charge < -0.3 is 19.0 Å². The third-order valence-electron chi connectivity index (χ3n) is 3.56. The molecule has 8 nitrogen and oxygen atoms in total. The number of H-pyrrole nitrogens is 1. The summed E-state index contributed by atoms with van der Waals surface area (Å²) in [5.74, 6) is 0.711. The first-order chi connectivity index (χ1) is 10.6. The zero-order valence-corrected chi connectivity index (χ0v) is 12.3. The van der Waals surface area contributed by atoms with Gasteiger partial charge in [-0.05, 0) is 13.8 Å². The molecule has 1 atom stereocenters. The minimum atomic E-state index is -0.418. The SMILES string of the molecule is Cc1nc(C2COCCN2C(=O)c2ncoc2C)cc(=O)[nH]1. The summed E-state index contributed by atoms with van der Waals surface area (Å²) in [5, 5.41) is 0. The molecule has 3 heterocycles. The van der Waals surface area contributed by atoms with E-state index < -0.39 is 6.04 Å². The number of oxazole rings is 1. The maximum Gasteiger partial charge on any atom is 0.276 e. The van der Waals surface area contributed by atoms with Gasteiger partial charge in [-0.25, -0.2) is 9.97 Å². The number of morpholine rings is 1. The van der Waals surface area contributed by atoms with E-state index in [2.05, 4.69) is 15.0 Å². The Kier molecular flexibility index (Phi) is 3.76. The molecule has 8 heteroatoms. The van der Waals surface area contributed by atoms with Gasteiger partial charge in [-0.1, -0.05) is 0 Å². The molecule has 1 amide bonds. The fourth-order valence-electron chi connectivity index (χ4n) is 2.51. The average Bonchev–Trinajstić information content (AvgIpc) is 2.91. The second kappa shape index (κ2) is 5.72. The Labute approximate surface area is 126 Å². The summed E-state index contributed by atoms with van der Waals surface area (Å²) in [4.78, 5) is 36.8. The average molecular weight is 304 g/mol. The predicted octanol–water partition coefficient (Wildman–Crippen LogP) is 0.588.